The molecule has 5 heteroatoms. The number of hydrogen-bond donors (Lipinski definition) is 1. The molecule has 4 rings (SSSR count). The highest BCUT2D eigenvalue weighted by molar-refractivity contribution is 7.15. The van der Waals surface area contributed by atoms with E-state index in [0.717, 1.165) is 45.1 Å². The molecule has 0 saturated heterocycles. The van der Waals surface area contributed by atoms with Crippen LogP contribution in [0.5, 0.6) is 0 Å². The van der Waals surface area contributed by atoms with Crippen molar-refractivity contribution in [3.8, 4) is 10.4 Å². The lowest BCUT2D eigenvalue weighted by Gasteiger charge is -2.33. The van der Waals surface area contributed by atoms with E-state index in [2.05, 4.69) is 23.5 Å². The summed E-state index contributed by atoms with van der Waals surface area (Å²) in [6.45, 7) is 1.88. The number of hydrogen-bond acceptors (Lipinski definition) is 5. The van der Waals surface area contributed by atoms with Gasteiger partial charge in [0.25, 0.3) is 0 Å². The van der Waals surface area contributed by atoms with Crippen molar-refractivity contribution < 1.29 is 14.3 Å². The SMILES string of the molecule is COC(=O)C1=C(C)NC2=C(C(=O)CCC2)C1c1ccc(-c2ccccc2)s1. The summed E-state index contributed by atoms with van der Waals surface area (Å²) in [6.07, 6.45) is 2.21. The van der Waals surface area contributed by atoms with E-state index in [-0.39, 0.29) is 17.7 Å². The fourth-order valence-corrected chi connectivity index (χ4v) is 5.05. The Bertz CT molecular complexity index is 968. The van der Waals surface area contributed by atoms with E-state index in [1.165, 1.54) is 7.11 Å². The topological polar surface area (TPSA) is 55.4 Å². The molecule has 2 heterocycles. The van der Waals surface area contributed by atoms with Gasteiger partial charge in [0.1, 0.15) is 0 Å². The van der Waals surface area contributed by atoms with Gasteiger partial charge in [-0.25, -0.2) is 4.79 Å². The number of thiophene rings is 1. The summed E-state index contributed by atoms with van der Waals surface area (Å²) >= 11 is 1.63. The fraction of sp³-hybridized carbons (Fsp3) is 0.273. The molecule has 0 bridgehead atoms. The molecule has 1 atom stereocenters. The predicted octanol–water partition coefficient (Wildman–Crippen LogP) is 4.56. The average Bonchev–Trinajstić information content (AvgIpc) is 3.17. The second kappa shape index (κ2) is 7.16. The zero-order chi connectivity index (χ0) is 19.0. The quantitative estimate of drug-likeness (QED) is 0.795. The molecule has 138 valence electrons. The minimum absolute atomic E-state index is 0.123. The highest BCUT2D eigenvalue weighted by Crippen LogP contribution is 2.45. The number of methoxy groups -OCH3 is 1. The Hall–Kier alpha value is -2.66. The van der Waals surface area contributed by atoms with Gasteiger partial charge in [0.15, 0.2) is 5.78 Å². The Labute approximate surface area is 162 Å². The van der Waals surface area contributed by atoms with Crippen molar-refractivity contribution in [1.82, 2.24) is 5.32 Å². The summed E-state index contributed by atoms with van der Waals surface area (Å²) in [5.74, 6) is -0.620. The second-order valence-corrected chi connectivity index (χ2v) is 7.94. The third kappa shape index (κ3) is 3.12. The maximum atomic E-state index is 12.8. The molecule has 0 spiro atoms. The average molecular weight is 379 g/mol. The normalized spacial score (nSPS) is 19.6. The number of allylic oxidation sites excluding steroid dienone is 3. The minimum Gasteiger partial charge on any atom is -0.466 e. The number of rotatable bonds is 3. The summed E-state index contributed by atoms with van der Waals surface area (Å²) in [6, 6.07) is 14.2. The summed E-state index contributed by atoms with van der Waals surface area (Å²) in [5.41, 5.74) is 4.12. The van der Waals surface area contributed by atoms with Crippen molar-refractivity contribution in [3.63, 3.8) is 0 Å². The van der Waals surface area contributed by atoms with Gasteiger partial charge in [0.05, 0.1) is 18.6 Å². The van der Waals surface area contributed by atoms with Crippen LogP contribution in [0.3, 0.4) is 0 Å². The fourth-order valence-electron chi connectivity index (χ4n) is 3.91. The largest absolute Gasteiger partial charge is 0.466 e. The number of esters is 1. The summed E-state index contributed by atoms with van der Waals surface area (Å²) in [5, 5.41) is 3.29. The van der Waals surface area contributed by atoms with Crippen molar-refractivity contribution in [1.29, 1.82) is 0 Å². The molecule has 2 aliphatic rings. The Morgan fingerprint density at radius 2 is 1.93 bits per heavy atom. The van der Waals surface area contributed by atoms with Gasteiger partial charge in [-0.1, -0.05) is 30.3 Å². The van der Waals surface area contributed by atoms with Crippen molar-refractivity contribution in [2.45, 2.75) is 32.1 Å². The molecule has 0 saturated carbocycles. The molecule has 1 aromatic carbocycles. The van der Waals surface area contributed by atoms with Crippen LogP contribution in [0, 0.1) is 0 Å². The highest BCUT2D eigenvalue weighted by atomic mass is 32.1. The van der Waals surface area contributed by atoms with Crippen LogP contribution in [0.25, 0.3) is 10.4 Å². The van der Waals surface area contributed by atoms with E-state index in [0.29, 0.717) is 12.0 Å². The zero-order valence-electron chi connectivity index (χ0n) is 15.4. The van der Waals surface area contributed by atoms with E-state index in [1.54, 1.807) is 11.3 Å². The highest BCUT2D eigenvalue weighted by Gasteiger charge is 2.39. The molecule has 0 fully saturated rings. The molecule has 4 nitrogen and oxygen atoms in total. The molecule has 1 aliphatic carbocycles. The van der Waals surface area contributed by atoms with Crippen molar-refractivity contribution >= 4 is 23.1 Å². The molecule has 2 aromatic rings. The van der Waals surface area contributed by atoms with Crippen LogP contribution < -0.4 is 5.32 Å². The monoisotopic (exact) mass is 379 g/mol. The van der Waals surface area contributed by atoms with Gasteiger partial charge in [-0.2, -0.15) is 0 Å². The lowest BCUT2D eigenvalue weighted by Crippen LogP contribution is -2.33. The summed E-state index contributed by atoms with van der Waals surface area (Å²) in [7, 11) is 1.39. The maximum absolute atomic E-state index is 12.8. The van der Waals surface area contributed by atoms with Crippen LogP contribution in [-0.4, -0.2) is 18.9 Å². The van der Waals surface area contributed by atoms with Crippen LogP contribution in [-0.2, 0) is 14.3 Å². The molecule has 1 unspecified atom stereocenters. The number of ether oxygens (including phenoxy) is 1. The number of carbonyl (C=O) groups is 2. The molecular formula is C22H21NO3S. The first-order valence-electron chi connectivity index (χ1n) is 9.07. The van der Waals surface area contributed by atoms with Crippen LogP contribution in [0.15, 0.2) is 65.0 Å². The van der Waals surface area contributed by atoms with E-state index in [4.69, 9.17) is 4.74 Å². The molecule has 1 N–H and O–H groups in total. The third-order valence-electron chi connectivity index (χ3n) is 5.15. The molecule has 0 radical (unpaired) electrons. The van der Waals surface area contributed by atoms with E-state index in [1.807, 2.05) is 31.2 Å². The van der Waals surface area contributed by atoms with Gasteiger partial charge >= 0.3 is 5.97 Å². The zero-order valence-corrected chi connectivity index (χ0v) is 16.2. The maximum Gasteiger partial charge on any atom is 0.336 e. The summed E-state index contributed by atoms with van der Waals surface area (Å²) in [4.78, 5) is 27.5. The van der Waals surface area contributed by atoms with Crippen LogP contribution in [0.1, 0.15) is 37.0 Å². The number of carbonyl (C=O) groups excluding carboxylic acids is 2. The Balaban J connectivity index is 1.84. The number of benzene rings is 1. The Morgan fingerprint density at radius 1 is 1.15 bits per heavy atom. The van der Waals surface area contributed by atoms with Crippen LogP contribution >= 0.6 is 11.3 Å². The predicted molar refractivity (Wildman–Crippen MR) is 106 cm³/mol. The Morgan fingerprint density at radius 3 is 2.67 bits per heavy atom. The lowest BCUT2D eigenvalue weighted by atomic mass is 9.78. The number of ketones is 1. The van der Waals surface area contributed by atoms with Gasteiger partial charge in [-0.15, -0.1) is 11.3 Å². The van der Waals surface area contributed by atoms with Gasteiger partial charge < -0.3 is 10.1 Å². The summed E-state index contributed by atoms with van der Waals surface area (Å²) < 4.78 is 5.05. The van der Waals surface area contributed by atoms with Gasteiger partial charge in [0.2, 0.25) is 0 Å². The van der Waals surface area contributed by atoms with E-state index >= 15 is 0 Å². The van der Waals surface area contributed by atoms with Crippen LogP contribution in [0.2, 0.25) is 0 Å². The second-order valence-electron chi connectivity index (χ2n) is 6.83. The van der Waals surface area contributed by atoms with E-state index < -0.39 is 0 Å². The molecule has 0 amide bonds. The smallest absolute Gasteiger partial charge is 0.336 e. The lowest BCUT2D eigenvalue weighted by molar-refractivity contribution is -0.136. The number of dihydropyridines is 1. The van der Waals surface area contributed by atoms with Crippen molar-refractivity contribution in [2.24, 2.45) is 0 Å². The standard InChI is InChI=1S/C22H21NO3S/c1-13-19(22(25)26-2)21(20-15(23-13)9-6-10-16(20)24)18-12-11-17(27-18)14-7-4-3-5-8-14/h3-5,7-8,11-12,21,23H,6,9-10H2,1-2H3. The first-order valence-corrected chi connectivity index (χ1v) is 9.89. The molecular weight excluding hydrogens is 358 g/mol. The van der Waals surface area contributed by atoms with Crippen LogP contribution in [0.4, 0.5) is 0 Å². The third-order valence-corrected chi connectivity index (χ3v) is 6.35. The minimum atomic E-state index is -0.385. The molecule has 1 aromatic heterocycles. The Kier molecular flexibility index (Phi) is 4.70. The van der Waals surface area contributed by atoms with E-state index in [9.17, 15) is 9.59 Å². The van der Waals surface area contributed by atoms with Gasteiger partial charge in [-0.05, 0) is 37.5 Å². The van der Waals surface area contributed by atoms with Crippen molar-refractivity contribution in [2.75, 3.05) is 7.11 Å². The van der Waals surface area contributed by atoms with Gasteiger partial charge in [-0.3, -0.25) is 4.79 Å². The van der Waals surface area contributed by atoms with Crippen molar-refractivity contribution in [3.05, 3.63) is 69.9 Å². The first-order chi connectivity index (χ1) is 13.1. The number of Topliss-reactive ketones (excluding diaryl/α,β-unsaturated/α-hetero) is 1. The number of nitrogens with one attached hydrogen (secondary N) is 1. The van der Waals surface area contributed by atoms with Gasteiger partial charge in [0, 0.05) is 33.1 Å². The molecule has 27 heavy (non-hydrogen) atoms. The first kappa shape index (κ1) is 17.7. The molecule has 1 aliphatic heterocycles.